The second kappa shape index (κ2) is 5.73. The first-order valence-corrected chi connectivity index (χ1v) is 7.25. The number of amides is 1. The zero-order chi connectivity index (χ0) is 14.8. The normalized spacial score (nSPS) is 23.1. The number of hydrogen-bond donors (Lipinski definition) is 2. The number of hydrogen-bond acceptors (Lipinski definition) is 4. The first-order chi connectivity index (χ1) is 10.1. The Labute approximate surface area is 123 Å². The van der Waals surface area contributed by atoms with Crippen LogP contribution in [0.1, 0.15) is 30.3 Å². The molecular weight excluding hydrogens is 268 g/mol. The molecule has 112 valence electrons. The summed E-state index contributed by atoms with van der Waals surface area (Å²) in [5.74, 6) is 0.531. The molecule has 2 N–H and O–H groups in total. The van der Waals surface area contributed by atoms with Gasteiger partial charge in [-0.3, -0.25) is 9.89 Å². The van der Waals surface area contributed by atoms with Gasteiger partial charge >= 0.3 is 0 Å². The number of carbonyl (C=O) groups is 1. The van der Waals surface area contributed by atoms with Crippen LogP contribution in [0.5, 0.6) is 0 Å². The van der Waals surface area contributed by atoms with Gasteiger partial charge in [-0.05, 0) is 45.5 Å². The molecule has 2 atom stereocenters. The molecule has 0 aromatic carbocycles. The molecule has 0 bridgehead atoms. The summed E-state index contributed by atoms with van der Waals surface area (Å²) in [5, 5.41) is 9.98. The van der Waals surface area contributed by atoms with Crippen molar-refractivity contribution in [2.45, 2.75) is 31.8 Å². The Morgan fingerprint density at radius 3 is 3.19 bits per heavy atom. The van der Waals surface area contributed by atoms with Crippen LogP contribution in [0.15, 0.2) is 28.9 Å². The molecule has 0 radical (unpaired) electrons. The molecule has 6 heteroatoms. The molecule has 0 aliphatic carbocycles. The van der Waals surface area contributed by atoms with E-state index in [0.717, 1.165) is 19.4 Å². The maximum absolute atomic E-state index is 12.3. The first-order valence-electron chi connectivity index (χ1n) is 7.25. The van der Waals surface area contributed by atoms with E-state index in [1.165, 1.54) is 0 Å². The summed E-state index contributed by atoms with van der Waals surface area (Å²) in [5.41, 5.74) is 1.10. The summed E-state index contributed by atoms with van der Waals surface area (Å²) in [6.07, 6.45) is 3.70. The second-order valence-electron chi connectivity index (χ2n) is 5.59. The van der Waals surface area contributed by atoms with E-state index in [0.29, 0.717) is 23.2 Å². The minimum absolute atomic E-state index is 0.142. The average Bonchev–Trinajstić information content (AvgIpc) is 3.13. The van der Waals surface area contributed by atoms with Gasteiger partial charge in [0.05, 0.1) is 6.26 Å². The summed E-state index contributed by atoms with van der Waals surface area (Å²) >= 11 is 0. The molecule has 0 saturated carbocycles. The highest BCUT2D eigenvalue weighted by Crippen LogP contribution is 2.19. The number of likely N-dealkylation sites (tertiary alicyclic amines) is 1. The average molecular weight is 288 g/mol. The summed E-state index contributed by atoms with van der Waals surface area (Å²) in [7, 11) is 2.09. The molecule has 1 fully saturated rings. The lowest BCUT2D eigenvalue weighted by molar-refractivity contribution is 0.0863. The number of nitrogens with one attached hydrogen (secondary N) is 2. The van der Waals surface area contributed by atoms with Crippen molar-refractivity contribution < 1.29 is 9.21 Å². The number of likely N-dealkylation sites (N-methyl/N-ethyl adjacent to an activating group) is 1. The van der Waals surface area contributed by atoms with Crippen LogP contribution in [0, 0.1) is 0 Å². The molecular formula is C15H20N4O2. The SMILES string of the molecule is C[C@H]1[C@H](NC(=O)c2cc(-c3ccco3)[nH]n2)CCCN1C. The standard InChI is InChI=1S/C15H20N4O2/c1-10-11(5-3-7-19(10)2)16-15(20)13-9-12(17-18-13)14-6-4-8-21-14/h4,6,8-11H,3,5,7H2,1-2H3,(H,16,20)(H,17,18)/t10-,11+/m0/s1. The highest BCUT2D eigenvalue weighted by atomic mass is 16.3. The van der Waals surface area contributed by atoms with Crippen LogP contribution in [0.25, 0.3) is 11.5 Å². The van der Waals surface area contributed by atoms with E-state index in [1.54, 1.807) is 18.4 Å². The van der Waals surface area contributed by atoms with Gasteiger partial charge in [-0.25, -0.2) is 0 Å². The predicted octanol–water partition coefficient (Wildman–Crippen LogP) is 1.88. The van der Waals surface area contributed by atoms with Gasteiger partial charge in [0.25, 0.3) is 5.91 Å². The molecule has 1 aliphatic rings. The fraction of sp³-hybridized carbons (Fsp3) is 0.467. The molecule has 2 aromatic rings. The number of carbonyl (C=O) groups excluding carboxylic acids is 1. The minimum Gasteiger partial charge on any atom is -0.463 e. The maximum atomic E-state index is 12.3. The molecule has 0 unspecified atom stereocenters. The van der Waals surface area contributed by atoms with E-state index in [2.05, 4.69) is 34.4 Å². The monoisotopic (exact) mass is 288 g/mol. The lowest BCUT2D eigenvalue weighted by Gasteiger charge is -2.37. The molecule has 3 rings (SSSR count). The number of rotatable bonds is 3. The van der Waals surface area contributed by atoms with Gasteiger partial charge in [-0.15, -0.1) is 0 Å². The number of piperidine rings is 1. The number of nitrogens with zero attached hydrogens (tertiary/aromatic N) is 2. The number of H-pyrrole nitrogens is 1. The van der Waals surface area contributed by atoms with E-state index >= 15 is 0 Å². The molecule has 1 saturated heterocycles. The van der Waals surface area contributed by atoms with Crippen molar-refractivity contribution in [2.75, 3.05) is 13.6 Å². The van der Waals surface area contributed by atoms with Crippen molar-refractivity contribution in [1.29, 1.82) is 0 Å². The number of aromatic amines is 1. The summed E-state index contributed by atoms with van der Waals surface area (Å²) in [6, 6.07) is 5.85. The fourth-order valence-electron chi connectivity index (χ4n) is 2.74. The highest BCUT2D eigenvalue weighted by molar-refractivity contribution is 5.93. The molecule has 0 spiro atoms. The van der Waals surface area contributed by atoms with Crippen LogP contribution in [-0.4, -0.2) is 46.7 Å². The van der Waals surface area contributed by atoms with Gasteiger partial charge in [0, 0.05) is 18.2 Å². The van der Waals surface area contributed by atoms with Crippen LogP contribution in [0.2, 0.25) is 0 Å². The Morgan fingerprint density at radius 1 is 1.57 bits per heavy atom. The summed E-state index contributed by atoms with van der Waals surface area (Å²) in [4.78, 5) is 14.6. The number of furan rings is 1. The molecule has 3 heterocycles. The minimum atomic E-state index is -0.142. The molecule has 6 nitrogen and oxygen atoms in total. The van der Waals surface area contributed by atoms with Crippen LogP contribution in [0.4, 0.5) is 0 Å². The van der Waals surface area contributed by atoms with Gasteiger partial charge < -0.3 is 14.6 Å². The Balaban J connectivity index is 1.68. The quantitative estimate of drug-likeness (QED) is 0.904. The third-order valence-electron chi connectivity index (χ3n) is 4.22. The van der Waals surface area contributed by atoms with Crippen LogP contribution in [-0.2, 0) is 0 Å². The van der Waals surface area contributed by atoms with E-state index < -0.39 is 0 Å². The number of aromatic nitrogens is 2. The highest BCUT2D eigenvalue weighted by Gasteiger charge is 2.27. The Kier molecular flexibility index (Phi) is 3.79. The molecule has 1 amide bonds. The van der Waals surface area contributed by atoms with E-state index in [1.807, 2.05) is 6.07 Å². The van der Waals surface area contributed by atoms with Crippen molar-refractivity contribution in [3.05, 3.63) is 30.2 Å². The maximum Gasteiger partial charge on any atom is 0.272 e. The summed E-state index contributed by atoms with van der Waals surface area (Å²) < 4.78 is 5.28. The fourth-order valence-corrected chi connectivity index (χ4v) is 2.74. The second-order valence-corrected chi connectivity index (χ2v) is 5.59. The smallest absolute Gasteiger partial charge is 0.272 e. The van der Waals surface area contributed by atoms with Crippen molar-refractivity contribution in [3.8, 4) is 11.5 Å². The van der Waals surface area contributed by atoms with Gasteiger partial charge in [-0.1, -0.05) is 0 Å². The van der Waals surface area contributed by atoms with Crippen molar-refractivity contribution in [1.82, 2.24) is 20.4 Å². The zero-order valence-electron chi connectivity index (χ0n) is 12.3. The van der Waals surface area contributed by atoms with E-state index in [4.69, 9.17) is 4.42 Å². The van der Waals surface area contributed by atoms with Gasteiger partial charge in [0.15, 0.2) is 11.5 Å². The zero-order valence-corrected chi connectivity index (χ0v) is 12.3. The van der Waals surface area contributed by atoms with E-state index in [9.17, 15) is 4.79 Å². The van der Waals surface area contributed by atoms with Crippen molar-refractivity contribution in [2.24, 2.45) is 0 Å². The Hall–Kier alpha value is -2.08. The third-order valence-corrected chi connectivity index (χ3v) is 4.22. The lowest BCUT2D eigenvalue weighted by Crippen LogP contribution is -2.52. The van der Waals surface area contributed by atoms with Crippen molar-refractivity contribution >= 4 is 5.91 Å². The van der Waals surface area contributed by atoms with Gasteiger partial charge in [-0.2, -0.15) is 5.10 Å². The van der Waals surface area contributed by atoms with Crippen LogP contribution >= 0.6 is 0 Å². The topological polar surface area (TPSA) is 74.2 Å². The summed E-state index contributed by atoms with van der Waals surface area (Å²) in [6.45, 7) is 3.22. The third kappa shape index (κ3) is 2.85. The predicted molar refractivity (Wildman–Crippen MR) is 78.9 cm³/mol. The molecule has 1 aliphatic heterocycles. The van der Waals surface area contributed by atoms with Gasteiger partial charge in [0.1, 0.15) is 5.69 Å². The van der Waals surface area contributed by atoms with E-state index in [-0.39, 0.29) is 11.9 Å². The van der Waals surface area contributed by atoms with Crippen LogP contribution < -0.4 is 5.32 Å². The van der Waals surface area contributed by atoms with Crippen molar-refractivity contribution in [3.63, 3.8) is 0 Å². The largest absolute Gasteiger partial charge is 0.463 e. The Morgan fingerprint density at radius 2 is 2.43 bits per heavy atom. The van der Waals surface area contributed by atoms with Gasteiger partial charge in [0.2, 0.25) is 0 Å². The molecule has 2 aromatic heterocycles. The van der Waals surface area contributed by atoms with Crippen LogP contribution in [0.3, 0.4) is 0 Å². The first kappa shape index (κ1) is 13.9. The molecule has 21 heavy (non-hydrogen) atoms. The Bertz CT molecular complexity index is 605. The lowest BCUT2D eigenvalue weighted by atomic mass is 9.98.